The number of esters is 1. The Balaban J connectivity index is 1.41. The van der Waals surface area contributed by atoms with Crippen LogP contribution in [-0.2, 0) is 16.0 Å². The summed E-state index contributed by atoms with van der Waals surface area (Å²) in [6.45, 7) is 0. The number of carbonyl (C=O) groups is 2. The fourth-order valence-electron chi connectivity index (χ4n) is 3.42. The quantitative estimate of drug-likeness (QED) is 0.110. The van der Waals surface area contributed by atoms with Crippen molar-refractivity contribution in [1.29, 1.82) is 0 Å². The maximum atomic E-state index is 12.5. The summed E-state index contributed by atoms with van der Waals surface area (Å²) in [7, 11) is 0. The maximum absolute atomic E-state index is 12.5. The SMILES string of the molecule is O=C(Cc1cccc2ccccc12)N/N=C\c1cc(Br)ccc1OC(=O)/C=C/c1ccccc1. The topological polar surface area (TPSA) is 67.8 Å². The van der Waals surface area contributed by atoms with Gasteiger partial charge >= 0.3 is 5.97 Å². The smallest absolute Gasteiger partial charge is 0.336 e. The van der Waals surface area contributed by atoms with E-state index in [2.05, 4.69) is 26.5 Å². The van der Waals surface area contributed by atoms with Crippen LogP contribution in [0.15, 0.2) is 107 Å². The van der Waals surface area contributed by atoms with Crippen LogP contribution < -0.4 is 10.2 Å². The lowest BCUT2D eigenvalue weighted by atomic mass is 10.0. The van der Waals surface area contributed by atoms with Crippen LogP contribution >= 0.6 is 15.9 Å². The zero-order valence-corrected chi connectivity index (χ0v) is 19.7. The van der Waals surface area contributed by atoms with Gasteiger partial charge in [-0.1, -0.05) is 88.7 Å². The molecule has 0 radical (unpaired) electrons. The van der Waals surface area contributed by atoms with Crippen LogP contribution in [0.5, 0.6) is 5.75 Å². The largest absolute Gasteiger partial charge is 0.423 e. The molecule has 0 heterocycles. The fraction of sp³-hybridized carbons (Fsp3) is 0.0357. The van der Waals surface area contributed by atoms with E-state index in [1.807, 2.05) is 72.8 Å². The van der Waals surface area contributed by atoms with Gasteiger partial charge in [0, 0.05) is 16.1 Å². The number of ether oxygens (including phenoxy) is 1. The number of amides is 1. The first-order valence-electron chi connectivity index (χ1n) is 10.6. The number of fused-ring (bicyclic) bond motifs is 1. The first kappa shape index (κ1) is 23.1. The number of nitrogens with zero attached hydrogens (tertiary/aromatic N) is 1. The Labute approximate surface area is 205 Å². The summed E-state index contributed by atoms with van der Waals surface area (Å²) in [5, 5.41) is 6.18. The summed E-state index contributed by atoms with van der Waals surface area (Å²) < 4.78 is 6.26. The van der Waals surface area contributed by atoms with Gasteiger partial charge in [-0.3, -0.25) is 4.79 Å². The van der Waals surface area contributed by atoms with Crippen molar-refractivity contribution in [3.8, 4) is 5.75 Å². The summed E-state index contributed by atoms with van der Waals surface area (Å²) in [5.41, 5.74) is 4.91. The van der Waals surface area contributed by atoms with Crippen LogP contribution in [0, 0.1) is 0 Å². The minimum atomic E-state index is -0.513. The van der Waals surface area contributed by atoms with Crippen molar-refractivity contribution >= 4 is 50.9 Å². The molecule has 0 aliphatic rings. The Bertz CT molecular complexity index is 1380. The average molecular weight is 513 g/mol. The molecule has 0 aliphatic carbocycles. The number of nitrogens with one attached hydrogen (secondary N) is 1. The Morgan fingerprint density at radius 3 is 2.53 bits per heavy atom. The lowest BCUT2D eigenvalue weighted by Gasteiger charge is -2.07. The summed E-state index contributed by atoms with van der Waals surface area (Å²) >= 11 is 3.41. The molecular weight excluding hydrogens is 492 g/mol. The lowest BCUT2D eigenvalue weighted by molar-refractivity contribution is -0.129. The van der Waals surface area contributed by atoms with E-state index in [0.29, 0.717) is 11.3 Å². The van der Waals surface area contributed by atoms with Crippen LogP contribution in [0.25, 0.3) is 16.8 Å². The zero-order valence-electron chi connectivity index (χ0n) is 18.1. The molecule has 4 rings (SSSR count). The van der Waals surface area contributed by atoms with Crippen LogP contribution in [0.4, 0.5) is 0 Å². The number of hydrazone groups is 1. The molecule has 0 bridgehead atoms. The van der Waals surface area contributed by atoms with Gasteiger partial charge in [-0.2, -0.15) is 5.10 Å². The average Bonchev–Trinajstić information content (AvgIpc) is 2.85. The van der Waals surface area contributed by atoms with Gasteiger partial charge in [-0.15, -0.1) is 0 Å². The van der Waals surface area contributed by atoms with Gasteiger partial charge in [-0.05, 0) is 46.2 Å². The molecule has 0 saturated heterocycles. The van der Waals surface area contributed by atoms with Crippen molar-refractivity contribution in [2.45, 2.75) is 6.42 Å². The zero-order chi connectivity index (χ0) is 23.8. The molecule has 0 aliphatic heterocycles. The van der Waals surface area contributed by atoms with Crippen LogP contribution in [-0.4, -0.2) is 18.1 Å². The Hall–Kier alpha value is -4.03. The minimum absolute atomic E-state index is 0.198. The van der Waals surface area contributed by atoms with E-state index >= 15 is 0 Å². The van der Waals surface area contributed by atoms with Crippen molar-refractivity contribution in [1.82, 2.24) is 5.43 Å². The Morgan fingerprint density at radius 2 is 1.68 bits per heavy atom. The first-order chi connectivity index (χ1) is 16.6. The van der Waals surface area contributed by atoms with Crippen molar-refractivity contribution in [3.63, 3.8) is 0 Å². The summed E-state index contributed by atoms with van der Waals surface area (Å²) in [6, 6.07) is 28.5. The molecule has 1 N–H and O–H groups in total. The third-order valence-electron chi connectivity index (χ3n) is 5.02. The monoisotopic (exact) mass is 512 g/mol. The van der Waals surface area contributed by atoms with Gasteiger partial charge in [0.1, 0.15) is 5.75 Å². The highest BCUT2D eigenvalue weighted by molar-refractivity contribution is 9.10. The Kier molecular flexibility index (Phi) is 7.63. The number of carbonyl (C=O) groups excluding carboxylic acids is 2. The molecule has 0 saturated carbocycles. The van der Waals surface area contributed by atoms with E-state index in [9.17, 15) is 9.59 Å². The van der Waals surface area contributed by atoms with E-state index in [1.54, 1.807) is 24.3 Å². The first-order valence-corrected chi connectivity index (χ1v) is 11.4. The third-order valence-corrected chi connectivity index (χ3v) is 5.51. The van der Waals surface area contributed by atoms with Crippen LogP contribution in [0.3, 0.4) is 0 Å². The second-order valence-electron chi connectivity index (χ2n) is 7.46. The standard InChI is InChI=1S/C28H21BrN2O3/c29-24-14-15-26(34-28(33)16-13-20-7-2-1-3-8-20)23(17-24)19-30-31-27(32)18-22-11-6-10-21-9-4-5-12-25(21)22/h1-17,19H,18H2,(H,31,32)/b16-13+,30-19-. The second kappa shape index (κ2) is 11.2. The highest BCUT2D eigenvalue weighted by Crippen LogP contribution is 2.22. The fourth-order valence-corrected chi connectivity index (χ4v) is 3.80. The van der Waals surface area contributed by atoms with E-state index in [-0.39, 0.29) is 12.3 Å². The van der Waals surface area contributed by atoms with E-state index in [4.69, 9.17) is 4.74 Å². The molecule has 0 spiro atoms. The van der Waals surface area contributed by atoms with Gasteiger partial charge in [-0.25, -0.2) is 10.2 Å². The molecule has 0 atom stereocenters. The third kappa shape index (κ3) is 6.27. The predicted octanol–water partition coefficient (Wildman–Crippen LogP) is 5.91. The van der Waals surface area contributed by atoms with Crippen molar-refractivity contribution in [2.24, 2.45) is 5.10 Å². The van der Waals surface area contributed by atoms with Gasteiger partial charge in [0.2, 0.25) is 5.91 Å². The minimum Gasteiger partial charge on any atom is -0.423 e. The number of rotatable bonds is 7. The highest BCUT2D eigenvalue weighted by Gasteiger charge is 2.09. The molecule has 0 unspecified atom stereocenters. The lowest BCUT2D eigenvalue weighted by Crippen LogP contribution is -2.20. The highest BCUT2D eigenvalue weighted by atomic mass is 79.9. The molecule has 6 heteroatoms. The molecule has 34 heavy (non-hydrogen) atoms. The molecule has 168 valence electrons. The molecule has 5 nitrogen and oxygen atoms in total. The number of hydrogen-bond donors (Lipinski definition) is 1. The number of hydrogen-bond acceptors (Lipinski definition) is 4. The maximum Gasteiger partial charge on any atom is 0.336 e. The van der Waals surface area contributed by atoms with Gasteiger partial charge < -0.3 is 4.74 Å². The summed E-state index contributed by atoms with van der Waals surface area (Å²) in [5.74, 6) is -0.425. The molecule has 0 fully saturated rings. The molecule has 0 aromatic heterocycles. The van der Waals surface area contributed by atoms with Crippen LogP contribution in [0.1, 0.15) is 16.7 Å². The molecule has 1 amide bonds. The molecular formula is C28H21BrN2O3. The van der Waals surface area contributed by atoms with E-state index in [0.717, 1.165) is 26.4 Å². The van der Waals surface area contributed by atoms with Gasteiger partial charge in [0.15, 0.2) is 0 Å². The summed E-state index contributed by atoms with van der Waals surface area (Å²) in [6.07, 6.45) is 4.70. The van der Waals surface area contributed by atoms with Gasteiger partial charge in [0.05, 0.1) is 12.6 Å². The normalized spacial score (nSPS) is 11.2. The van der Waals surface area contributed by atoms with E-state index < -0.39 is 5.97 Å². The van der Waals surface area contributed by atoms with Crippen molar-refractivity contribution < 1.29 is 14.3 Å². The molecule has 4 aromatic carbocycles. The molecule has 4 aromatic rings. The Morgan fingerprint density at radius 1 is 0.912 bits per heavy atom. The van der Waals surface area contributed by atoms with Gasteiger partial charge in [0.25, 0.3) is 0 Å². The van der Waals surface area contributed by atoms with Crippen molar-refractivity contribution in [2.75, 3.05) is 0 Å². The van der Waals surface area contributed by atoms with Crippen LogP contribution in [0.2, 0.25) is 0 Å². The number of halogens is 1. The van der Waals surface area contributed by atoms with Crippen molar-refractivity contribution in [3.05, 3.63) is 118 Å². The second-order valence-corrected chi connectivity index (χ2v) is 8.37. The van der Waals surface area contributed by atoms with E-state index in [1.165, 1.54) is 12.3 Å². The summed E-state index contributed by atoms with van der Waals surface area (Å²) in [4.78, 5) is 24.7. The predicted molar refractivity (Wildman–Crippen MR) is 139 cm³/mol. The number of benzene rings is 4.